The summed E-state index contributed by atoms with van der Waals surface area (Å²) in [6, 6.07) is 0.178. The number of piperidine rings is 1. The summed E-state index contributed by atoms with van der Waals surface area (Å²) in [6.45, 7) is 6.79. The highest BCUT2D eigenvalue weighted by molar-refractivity contribution is 5.76. The minimum Gasteiger partial charge on any atom is -0.361 e. The van der Waals surface area contributed by atoms with Gasteiger partial charge in [0, 0.05) is 38.0 Å². The maximum Gasteiger partial charge on any atom is 0.220 e. The van der Waals surface area contributed by atoms with Crippen molar-refractivity contribution in [1.82, 2.24) is 15.4 Å². The summed E-state index contributed by atoms with van der Waals surface area (Å²) in [5, 5.41) is 6.94. The van der Waals surface area contributed by atoms with Gasteiger partial charge in [-0.3, -0.25) is 9.59 Å². The van der Waals surface area contributed by atoms with Gasteiger partial charge in [0.25, 0.3) is 0 Å². The van der Waals surface area contributed by atoms with E-state index in [0.29, 0.717) is 12.8 Å². The predicted molar refractivity (Wildman–Crippen MR) is 77.7 cm³/mol. The van der Waals surface area contributed by atoms with Gasteiger partial charge in [-0.15, -0.1) is 0 Å². The van der Waals surface area contributed by atoms with Gasteiger partial charge in [0.2, 0.25) is 11.8 Å². The second-order valence-corrected chi connectivity index (χ2v) is 5.65. The Morgan fingerprint density at radius 2 is 2.00 bits per heavy atom. The molecule has 0 spiro atoms. The molecule has 0 saturated carbocycles. The Bertz CT molecular complexity index is 497. The molecule has 1 aliphatic heterocycles. The van der Waals surface area contributed by atoms with Crippen molar-refractivity contribution in [3.8, 4) is 0 Å². The normalized spacial score (nSPS) is 16.0. The molecule has 1 fully saturated rings. The van der Waals surface area contributed by atoms with E-state index in [1.807, 2.05) is 18.7 Å². The van der Waals surface area contributed by atoms with Crippen LogP contribution >= 0.6 is 0 Å². The lowest BCUT2D eigenvalue weighted by Gasteiger charge is -2.31. The first kappa shape index (κ1) is 15.5. The van der Waals surface area contributed by atoms with Crippen molar-refractivity contribution in [1.29, 1.82) is 0 Å². The Kier molecular flexibility index (Phi) is 4.98. The monoisotopic (exact) mass is 293 g/mol. The Morgan fingerprint density at radius 1 is 1.33 bits per heavy atom. The lowest BCUT2D eigenvalue weighted by atomic mass is 10.0. The molecule has 0 atom stereocenters. The number of hydrogen-bond acceptors (Lipinski definition) is 4. The molecule has 1 N–H and O–H groups in total. The maximum absolute atomic E-state index is 12.0. The average molecular weight is 293 g/mol. The zero-order valence-corrected chi connectivity index (χ0v) is 12.9. The molecule has 0 unspecified atom stereocenters. The van der Waals surface area contributed by atoms with Gasteiger partial charge < -0.3 is 14.7 Å². The number of aryl methyl sites for hydroxylation is 2. The molecule has 116 valence electrons. The van der Waals surface area contributed by atoms with Gasteiger partial charge in [-0.2, -0.15) is 0 Å². The minimum atomic E-state index is 0.0521. The molecule has 1 aliphatic rings. The first-order valence-corrected chi connectivity index (χ1v) is 7.44. The van der Waals surface area contributed by atoms with Crippen LogP contribution in [0.25, 0.3) is 0 Å². The van der Waals surface area contributed by atoms with E-state index in [1.165, 1.54) is 0 Å². The van der Waals surface area contributed by atoms with Crippen LogP contribution in [-0.2, 0) is 16.0 Å². The van der Waals surface area contributed by atoms with E-state index in [4.69, 9.17) is 4.52 Å². The van der Waals surface area contributed by atoms with Crippen molar-refractivity contribution in [3.63, 3.8) is 0 Å². The molecule has 2 rings (SSSR count). The number of hydrogen-bond donors (Lipinski definition) is 1. The van der Waals surface area contributed by atoms with E-state index in [1.54, 1.807) is 6.92 Å². The number of nitrogens with one attached hydrogen (secondary N) is 1. The molecular formula is C15H23N3O3. The van der Waals surface area contributed by atoms with Crippen LogP contribution in [0.1, 0.15) is 43.2 Å². The molecular weight excluding hydrogens is 270 g/mol. The largest absolute Gasteiger partial charge is 0.361 e. The molecule has 2 heterocycles. The first-order valence-electron chi connectivity index (χ1n) is 7.44. The summed E-state index contributed by atoms with van der Waals surface area (Å²) in [4.78, 5) is 25.1. The molecule has 0 radical (unpaired) electrons. The molecule has 1 aromatic rings. The van der Waals surface area contributed by atoms with E-state index >= 15 is 0 Å². The van der Waals surface area contributed by atoms with E-state index in [2.05, 4.69) is 10.5 Å². The summed E-state index contributed by atoms with van der Waals surface area (Å²) in [5.74, 6) is 0.949. The molecule has 1 aromatic heterocycles. The summed E-state index contributed by atoms with van der Waals surface area (Å²) in [6.07, 6.45) is 2.75. The van der Waals surface area contributed by atoms with Gasteiger partial charge in [0.05, 0.1) is 5.69 Å². The highest BCUT2D eigenvalue weighted by Crippen LogP contribution is 2.15. The van der Waals surface area contributed by atoms with Crippen LogP contribution in [0.15, 0.2) is 4.52 Å². The van der Waals surface area contributed by atoms with Gasteiger partial charge in [0.15, 0.2) is 0 Å². The summed E-state index contributed by atoms with van der Waals surface area (Å²) < 4.78 is 5.09. The SMILES string of the molecule is CC(=O)N1CCC(NC(=O)CCc2c(C)noc2C)CC1. The number of carbonyl (C=O) groups is 2. The van der Waals surface area contributed by atoms with Crippen LogP contribution in [0.3, 0.4) is 0 Å². The third-order valence-corrected chi connectivity index (χ3v) is 4.09. The van der Waals surface area contributed by atoms with Crippen LogP contribution in [0.5, 0.6) is 0 Å². The fourth-order valence-electron chi connectivity index (χ4n) is 2.74. The first-order chi connectivity index (χ1) is 9.97. The third-order valence-electron chi connectivity index (χ3n) is 4.09. The van der Waals surface area contributed by atoms with Crippen LogP contribution in [0, 0.1) is 13.8 Å². The second kappa shape index (κ2) is 6.74. The van der Waals surface area contributed by atoms with Gasteiger partial charge >= 0.3 is 0 Å². The summed E-state index contributed by atoms with van der Waals surface area (Å²) in [5.41, 5.74) is 1.88. The number of likely N-dealkylation sites (tertiary alicyclic amines) is 1. The maximum atomic E-state index is 12.0. The van der Waals surface area contributed by atoms with E-state index in [9.17, 15) is 9.59 Å². The standard InChI is InChI=1S/C15H23N3O3/c1-10-14(11(2)21-17-10)4-5-15(20)16-13-6-8-18(9-7-13)12(3)19/h13H,4-9H2,1-3H3,(H,16,20). The van der Waals surface area contributed by atoms with Gasteiger partial charge in [0.1, 0.15) is 5.76 Å². The van der Waals surface area contributed by atoms with E-state index < -0.39 is 0 Å². The molecule has 1 saturated heterocycles. The Hall–Kier alpha value is -1.85. The van der Waals surface area contributed by atoms with Crippen LogP contribution < -0.4 is 5.32 Å². The van der Waals surface area contributed by atoms with Crippen LogP contribution in [0.2, 0.25) is 0 Å². The third kappa shape index (κ3) is 4.06. The van der Waals surface area contributed by atoms with Gasteiger partial charge in [-0.1, -0.05) is 5.16 Å². The molecule has 0 aromatic carbocycles. The minimum absolute atomic E-state index is 0.0521. The molecule has 0 aliphatic carbocycles. The van der Waals surface area contributed by atoms with Crippen molar-refractivity contribution in [2.24, 2.45) is 0 Å². The van der Waals surface area contributed by atoms with Crippen molar-refractivity contribution in [2.75, 3.05) is 13.1 Å². The average Bonchev–Trinajstić information content (AvgIpc) is 2.76. The molecule has 6 heteroatoms. The molecule has 2 amide bonds. The van der Waals surface area contributed by atoms with Gasteiger partial charge in [-0.25, -0.2) is 0 Å². The summed E-state index contributed by atoms with van der Waals surface area (Å²) in [7, 11) is 0. The van der Waals surface area contributed by atoms with E-state index in [0.717, 1.165) is 42.9 Å². The molecule has 21 heavy (non-hydrogen) atoms. The smallest absolute Gasteiger partial charge is 0.220 e. The Labute approximate surface area is 124 Å². The van der Waals surface area contributed by atoms with Gasteiger partial charge in [-0.05, 0) is 33.1 Å². The lowest BCUT2D eigenvalue weighted by Crippen LogP contribution is -2.46. The Balaban J connectivity index is 1.74. The van der Waals surface area contributed by atoms with Crippen molar-refractivity contribution in [2.45, 2.75) is 52.5 Å². The zero-order chi connectivity index (χ0) is 15.4. The van der Waals surface area contributed by atoms with Crippen molar-refractivity contribution in [3.05, 3.63) is 17.0 Å². The lowest BCUT2D eigenvalue weighted by molar-refractivity contribution is -0.130. The Morgan fingerprint density at radius 3 is 2.52 bits per heavy atom. The highest BCUT2D eigenvalue weighted by atomic mass is 16.5. The van der Waals surface area contributed by atoms with E-state index in [-0.39, 0.29) is 17.9 Å². The fraction of sp³-hybridized carbons (Fsp3) is 0.667. The quantitative estimate of drug-likeness (QED) is 0.909. The van der Waals surface area contributed by atoms with Crippen molar-refractivity contribution >= 4 is 11.8 Å². The molecule has 6 nitrogen and oxygen atoms in total. The zero-order valence-electron chi connectivity index (χ0n) is 12.9. The highest BCUT2D eigenvalue weighted by Gasteiger charge is 2.22. The van der Waals surface area contributed by atoms with Crippen LogP contribution in [-0.4, -0.2) is 41.0 Å². The number of amides is 2. The van der Waals surface area contributed by atoms with Crippen LogP contribution in [0.4, 0.5) is 0 Å². The number of carbonyl (C=O) groups excluding carboxylic acids is 2. The topological polar surface area (TPSA) is 75.4 Å². The fourth-order valence-corrected chi connectivity index (χ4v) is 2.74. The van der Waals surface area contributed by atoms with Crippen molar-refractivity contribution < 1.29 is 14.1 Å². The predicted octanol–water partition coefficient (Wildman–Crippen LogP) is 1.35. The summed E-state index contributed by atoms with van der Waals surface area (Å²) >= 11 is 0. The molecule has 0 bridgehead atoms. The number of nitrogens with zero attached hydrogens (tertiary/aromatic N) is 2. The number of aromatic nitrogens is 1. The number of rotatable bonds is 4. The second-order valence-electron chi connectivity index (χ2n) is 5.65.